The van der Waals surface area contributed by atoms with Crippen LogP contribution in [-0.2, 0) is 4.79 Å². The summed E-state index contributed by atoms with van der Waals surface area (Å²) in [6, 6.07) is 0.645. The standard InChI is InChI=1S/C14H24N2OS/c1-9-7-14(8-9,12(15)18)13(17)16-10(2)5-4-6-11(16)3/h9-11H,4-8H2,1-3H3,(H2,15,18)/t9?,10-,11+,14?. The molecule has 0 aromatic heterocycles. The van der Waals surface area contributed by atoms with Crippen molar-refractivity contribution < 1.29 is 4.79 Å². The van der Waals surface area contributed by atoms with Gasteiger partial charge in [-0.2, -0.15) is 0 Å². The molecule has 1 saturated heterocycles. The first-order valence-electron chi connectivity index (χ1n) is 7.01. The van der Waals surface area contributed by atoms with Gasteiger partial charge in [-0.25, -0.2) is 0 Å². The van der Waals surface area contributed by atoms with Gasteiger partial charge in [0.05, 0.1) is 10.4 Å². The molecule has 0 radical (unpaired) electrons. The number of piperidine rings is 1. The molecule has 3 nitrogen and oxygen atoms in total. The summed E-state index contributed by atoms with van der Waals surface area (Å²) in [5.74, 6) is 0.749. The number of nitrogens with two attached hydrogens (primary N) is 1. The van der Waals surface area contributed by atoms with Crippen molar-refractivity contribution in [1.82, 2.24) is 4.90 Å². The normalized spacial score (nSPS) is 40.2. The summed E-state index contributed by atoms with van der Waals surface area (Å²) >= 11 is 5.19. The van der Waals surface area contributed by atoms with Crippen molar-refractivity contribution in [2.75, 3.05) is 0 Å². The summed E-state index contributed by atoms with van der Waals surface area (Å²) in [5.41, 5.74) is 5.34. The van der Waals surface area contributed by atoms with Crippen molar-refractivity contribution in [3.05, 3.63) is 0 Å². The van der Waals surface area contributed by atoms with Crippen molar-refractivity contribution in [3.8, 4) is 0 Å². The average Bonchev–Trinajstić information content (AvgIpc) is 2.23. The van der Waals surface area contributed by atoms with Crippen LogP contribution in [0.3, 0.4) is 0 Å². The van der Waals surface area contributed by atoms with Gasteiger partial charge in [0.1, 0.15) is 0 Å². The summed E-state index contributed by atoms with van der Waals surface area (Å²) in [4.78, 5) is 15.3. The van der Waals surface area contributed by atoms with Gasteiger partial charge in [-0.1, -0.05) is 19.1 Å². The molecule has 0 aromatic carbocycles. The van der Waals surface area contributed by atoms with Crippen LogP contribution in [0.4, 0.5) is 0 Å². The Labute approximate surface area is 115 Å². The number of hydrogen-bond donors (Lipinski definition) is 1. The van der Waals surface area contributed by atoms with Crippen LogP contribution in [0.15, 0.2) is 0 Å². The zero-order valence-electron chi connectivity index (χ0n) is 11.6. The molecule has 2 fully saturated rings. The molecule has 2 atom stereocenters. The van der Waals surface area contributed by atoms with Gasteiger partial charge in [0.2, 0.25) is 5.91 Å². The number of carbonyl (C=O) groups is 1. The molecule has 0 spiro atoms. The first-order chi connectivity index (χ1) is 8.38. The molecule has 1 heterocycles. The zero-order chi connectivity index (χ0) is 13.5. The van der Waals surface area contributed by atoms with Crippen molar-refractivity contribution in [1.29, 1.82) is 0 Å². The molecule has 2 rings (SSSR count). The quantitative estimate of drug-likeness (QED) is 0.783. The van der Waals surface area contributed by atoms with E-state index in [4.69, 9.17) is 18.0 Å². The Morgan fingerprint density at radius 3 is 2.11 bits per heavy atom. The fourth-order valence-electron chi connectivity index (χ4n) is 3.68. The van der Waals surface area contributed by atoms with Crippen LogP contribution >= 0.6 is 12.2 Å². The molecule has 1 aliphatic heterocycles. The SMILES string of the molecule is CC1CC(C(=O)N2[C@H](C)CCC[C@@H]2C)(C(N)=S)C1. The summed E-state index contributed by atoms with van der Waals surface area (Å²) in [6.07, 6.45) is 5.06. The van der Waals surface area contributed by atoms with Crippen LogP contribution in [0.25, 0.3) is 0 Å². The van der Waals surface area contributed by atoms with Crippen molar-refractivity contribution in [2.45, 2.75) is 65.0 Å². The molecule has 18 heavy (non-hydrogen) atoms. The van der Waals surface area contributed by atoms with Crippen LogP contribution in [0.5, 0.6) is 0 Å². The fourth-order valence-corrected chi connectivity index (χ4v) is 3.93. The van der Waals surface area contributed by atoms with Gasteiger partial charge >= 0.3 is 0 Å². The molecule has 4 heteroatoms. The second kappa shape index (κ2) is 4.80. The summed E-state index contributed by atoms with van der Waals surface area (Å²) < 4.78 is 0. The van der Waals surface area contributed by atoms with Crippen molar-refractivity contribution in [3.63, 3.8) is 0 Å². The Bertz CT molecular complexity index is 353. The third-order valence-electron chi connectivity index (χ3n) is 4.70. The molecule has 1 amide bonds. The van der Waals surface area contributed by atoms with Gasteiger partial charge in [-0.15, -0.1) is 0 Å². The first kappa shape index (κ1) is 13.8. The van der Waals surface area contributed by atoms with E-state index < -0.39 is 5.41 Å². The molecule has 102 valence electrons. The van der Waals surface area contributed by atoms with E-state index >= 15 is 0 Å². The number of rotatable bonds is 2. The second-order valence-electron chi connectivity index (χ2n) is 6.30. The lowest BCUT2D eigenvalue weighted by Gasteiger charge is -2.50. The highest BCUT2D eigenvalue weighted by Gasteiger charge is 2.53. The minimum absolute atomic E-state index is 0.188. The highest BCUT2D eigenvalue weighted by Crippen LogP contribution is 2.48. The number of nitrogens with zero attached hydrogens (tertiary/aromatic N) is 1. The monoisotopic (exact) mass is 268 g/mol. The van der Waals surface area contributed by atoms with E-state index in [2.05, 4.69) is 25.7 Å². The minimum atomic E-state index is -0.533. The number of thiocarbonyl (C=S) groups is 1. The van der Waals surface area contributed by atoms with E-state index in [1.165, 1.54) is 6.42 Å². The molecule has 1 saturated carbocycles. The summed E-state index contributed by atoms with van der Waals surface area (Å²) in [5, 5.41) is 0. The molecule has 0 aromatic rings. The van der Waals surface area contributed by atoms with Crippen LogP contribution in [0.2, 0.25) is 0 Å². The Balaban J connectivity index is 2.21. The van der Waals surface area contributed by atoms with Crippen LogP contribution < -0.4 is 5.73 Å². The lowest BCUT2D eigenvalue weighted by Crippen LogP contribution is -2.61. The Morgan fingerprint density at radius 2 is 1.72 bits per heavy atom. The van der Waals surface area contributed by atoms with Crippen molar-refractivity contribution >= 4 is 23.1 Å². The molecule has 2 N–H and O–H groups in total. The van der Waals surface area contributed by atoms with Gasteiger partial charge in [0.25, 0.3) is 0 Å². The average molecular weight is 268 g/mol. The van der Waals surface area contributed by atoms with Gasteiger partial charge in [-0.3, -0.25) is 4.79 Å². The lowest BCUT2D eigenvalue weighted by atomic mass is 9.61. The highest BCUT2D eigenvalue weighted by atomic mass is 32.1. The van der Waals surface area contributed by atoms with Gasteiger partial charge < -0.3 is 10.6 Å². The van der Waals surface area contributed by atoms with Gasteiger partial charge in [0, 0.05) is 12.1 Å². The molecule has 0 bridgehead atoms. The van der Waals surface area contributed by atoms with E-state index in [0.29, 0.717) is 23.0 Å². The largest absolute Gasteiger partial charge is 0.392 e. The van der Waals surface area contributed by atoms with Crippen molar-refractivity contribution in [2.24, 2.45) is 17.1 Å². The van der Waals surface area contributed by atoms with Gasteiger partial charge in [-0.05, 0) is 51.9 Å². The predicted octanol–water partition coefficient (Wildman–Crippen LogP) is 2.48. The number of amides is 1. The van der Waals surface area contributed by atoms with E-state index in [0.717, 1.165) is 25.7 Å². The smallest absolute Gasteiger partial charge is 0.236 e. The molecular weight excluding hydrogens is 244 g/mol. The van der Waals surface area contributed by atoms with E-state index in [1.54, 1.807) is 0 Å². The topological polar surface area (TPSA) is 46.3 Å². The predicted molar refractivity (Wildman–Crippen MR) is 77.2 cm³/mol. The van der Waals surface area contributed by atoms with E-state index in [9.17, 15) is 4.79 Å². The summed E-state index contributed by atoms with van der Waals surface area (Å²) in [7, 11) is 0. The number of carbonyl (C=O) groups excluding carboxylic acids is 1. The minimum Gasteiger partial charge on any atom is -0.392 e. The second-order valence-corrected chi connectivity index (χ2v) is 6.74. The van der Waals surface area contributed by atoms with E-state index in [1.807, 2.05) is 0 Å². The Hall–Kier alpha value is -0.640. The third kappa shape index (κ3) is 2.04. The maximum absolute atomic E-state index is 12.9. The van der Waals surface area contributed by atoms with Crippen LogP contribution in [-0.4, -0.2) is 27.9 Å². The number of hydrogen-bond acceptors (Lipinski definition) is 2. The molecule has 2 aliphatic rings. The molecule has 0 unspecified atom stereocenters. The summed E-state index contributed by atoms with van der Waals surface area (Å²) in [6.45, 7) is 6.44. The zero-order valence-corrected chi connectivity index (χ0v) is 12.4. The Morgan fingerprint density at radius 1 is 1.22 bits per heavy atom. The first-order valence-corrected chi connectivity index (χ1v) is 7.42. The van der Waals surface area contributed by atoms with Crippen LogP contribution in [0.1, 0.15) is 52.9 Å². The number of likely N-dealkylation sites (tertiary alicyclic amines) is 1. The van der Waals surface area contributed by atoms with Gasteiger partial charge in [0.15, 0.2) is 0 Å². The maximum Gasteiger partial charge on any atom is 0.236 e. The van der Waals surface area contributed by atoms with E-state index in [-0.39, 0.29) is 5.91 Å². The fraction of sp³-hybridized carbons (Fsp3) is 0.857. The Kier molecular flexibility index (Phi) is 3.67. The molecular formula is C14H24N2OS. The lowest BCUT2D eigenvalue weighted by molar-refractivity contribution is -0.150. The maximum atomic E-state index is 12.9. The molecule has 1 aliphatic carbocycles. The third-order valence-corrected chi connectivity index (χ3v) is 5.09. The van der Waals surface area contributed by atoms with Crippen LogP contribution in [0, 0.1) is 11.3 Å². The highest BCUT2D eigenvalue weighted by molar-refractivity contribution is 7.80.